The number of hydrogen-bond donors (Lipinski definition) is 2. The molecule has 0 saturated carbocycles. The number of H-pyrrole nitrogens is 1. The normalized spacial score (nSPS) is 23.9. The van der Waals surface area contributed by atoms with Crippen LogP contribution in [-0.2, 0) is 11.2 Å². The van der Waals surface area contributed by atoms with Gasteiger partial charge in [0.15, 0.2) is 5.96 Å². The first kappa shape index (κ1) is 16.5. The van der Waals surface area contributed by atoms with E-state index in [-0.39, 0.29) is 0 Å². The molecule has 4 rings (SSSR count). The zero-order valence-corrected chi connectivity index (χ0v) is 15.1. The molecular weight excluding hydrogens is 312 g/mol. The molecule has 2 fully saturated rings. The highest BCUT2D eigenvalue weighted by atomic mass is 16.5. The lowest BCUT2D eigenvalue weighted by Gasteiger charge is -2.24. The Balaban J connectivity index is 1.40. The number of fused-ring (bicyclic) bond motifs is 1. The minimum Gasteiger partial charge on any atom is -0.381 e. The van der Waals surface area contributed by atoms with Gasteiger partial charge in [0.05, 0.1) is 6.61 Å². The quantitative estimate of drug-likeness (QED) is 0.665. The maximum Gasteiger partial charge on any atom is 0.193 e. The molecule has 2 saturated heterocycles. The molecule has 25 heavy (non-hydrogen) atoms. The lowest BCUT2D eigenvalue weighted by atomic mass is 9.87. The molecule has 134 valence electrons. The molecule has 0 bridgehead atoms. The first-order valence-electron chi connectivity index (χ1n) is 9.46. The summed E-state index contributed by atoms with van der Waals surface area (Å²) in [5.74, 6) is 1.06. The van der Waals surface area contributed by atoms with E-state index in [9.17, 15) is 0 Å². The van der Waals surface area contributed by atoms with Gasteiger partial charge in [0.25, 0.3) is 0 Å². The molecule has 0 radical (unpaired) electrons. The molecule has 2 N–H and O–H groups in total. The fourth-order valence-corrected chi connectivity index (χ4v) is 4.06. The van der Waals surface area contributed by atoms with Crippen molar-refractivity contribution in [3.63, 3.8) is 0 Å². The monoisotopic (exact) mass is 340 g/mol. The molecule has 2 aliphatic rings. The maximum atomic E-state index is 5.65. The molecule has 5 nitrogen and oxygen atoms in total. The van der Waals surface area contributed by atoms with E-state index < -0.39 is 0 Å². The molecule has 0 aliphatic carbocycles. The van der Waals surface area contributed by atoms with Crippen LogP contribution in [0.2, 0.25) is 0 Å². The Labute approximate surface area is 149 Å². The van der Waals surface area contributed by atoms with E-state index in [0.29, 0.717) is 5.41 Å². The Morgan fingerprint density at radius 1 is 1.36 bits per heavy atom. The van der Waals surface area contributed by atoms with Gasteiger partial charge in [-0.2, -0.15) is 0 Å². The Kier molecular flexibility index (Phi) is 4.66. The second-order valence-corrected chi connectivity index (χ2v) is 7.34. The third-order valence-corrected chi connectivity index (χ3v) is 5.49. The van der Waals surface area contributed by atoms with Gasteiger partial charge in [-0.25, -0.2) is 0 Å². The van der Waals surface area contributed by atoms with Crippen LogP contribution in [-0.4, -0.2) is 55.2 Å². The maximum absolute atomic E-state index is 5.65. The Morgan fingerprint density at radius 2 is 2.28 bits per heavy atom. The van der Waals surface area contributed by atoms with Crippen LogP contribution < -0.4 is 5.32 Å². The van der Waals surface area contributed by atoms with Crippen LogP contribution in [0.4, 0.5) is 0 Å². The molecule has 1 spiro atoms. The van der Waals surface area contributed by atoms with Crippen LogP contribution in [0.5, 0.6) is 0 Å². The smallest absolute Gasteiger partial charge is 0.193 e. The zero-order valence-electron chi connectivity index (χ0n) is 15.1. The van der Waals surface area contributed by atoms with Crippen molar-refractivity contribution in [1.29, 1.82) is 0 Å². The van der Waals surface area contributed by atoms with Crippen LogP contribution in [0, 0.1) is 5.41 Å². The van der Waals surface area contributed by atoms with Gasteiger partial charge in [0.1, 0.15) is 0 Å². The van der Waals surface area contributed by atoms with Crippen LogP contribution in [0.3, 0.4) is 0 Å². The highest BCUT2D eigenvalue weighted by molar-refractivity contribution is 5.81. The number of aromatic nitrogens is 1. The topological polar surface area (TPSA) is 52.7 Å². The van der Waals surface area contributed by atoms with Gasteiger partial charge in [-0.1, -0.05) is 18.2 Å². The number of para-hydroxylation sites is 1. The number of benzene rings is 1. The number of likely N-dealkylation sites (tertiary alicyclic amines) is 1. The van der Waals surface area contributed by atoms with Crippen molar-refractivity contribution in [3.05, 3.63) is 36.0 Å². The molecule has 1 atom stereocenters. The SMILES string of the molecule is CCNC(=NCCc1cc2ccccc2[nH]1)N1CCC2(CCOC2)C1. The van der Waals surface area contributed by atoms with Crippen LogP contribution in [0.15, 0.2) is 35.3 Å². The van der Waals surface area contributed by atoms with E-state index in [0.717, 1.165) is 51.8 Å². The van der Waals surface area contributed by atoms with Crippen LogP contribution >= 0.6 is 0 Å². The summed E-state index contributed by atoms with van der Waals surface area (Å²) in [5, 5.41) is 4.74. The summed E-state index contributed by atoms with van der Waals surface area (Å²) in [6, 6.07) is 10.7. The van der Waals surface area contributed by atoms with Gasteiger partial charge in [-0.15, -0.1) is 0 Å². The molecular formula is C20H28N4O. The van der Waals surface area contributed by atoms with Gasteiger partial charge < -0.3 is 19.9 Å². The number of hydrogen-bond acceptors (Lipinski definition) is 2. The van der Waals surface area contributed by atoms with Crippen molar-refractivity contribution < 1.29 is 4.74 Å². The third-order valence-electron chi connectivity index (χ3n) is 5.49. The second kappa shape index (κ2) is 7.08. The summed E-state index contributed by atoms with van der Waals surface area (Å²) in [7, 11) is 0. The standard InChI is InChI=1S/C20H28N4O/c1-2-21-19(24-11-8-20(14-24)9-12-25-15-20)22-10-7-17-13-16-5-3-4-6-18(16)23-17/h3-6,13,23H,2,7-12,14-15H2,1H3,(H,21,22). The molecule has 2 aromatic rings. The Hall–Kier alpha value is -2.01. The average Bonchev–Trinajstić information content (AvgIpc) is 3.35. The fourth-order valence-electron chi connectivity index (χ4n) is 4.06. The third kappa shape index (κ3) is 3.52. The van der Waals surface area contributed by atoms with Crippen molar-refractivity contribution in [2.45, 2.75) is 26.2 Å². The van der Waals surface area contributed by atoms with Gasteiger partial charge in [0.2, 0.25) is 0 Å². The van der Waals surface area contributed by atoms with Gasteiger partial charge in [0, 0.05) is 55.8 Å². The lowest BCUT2D eigenvalue weighted by Crippen LogP contribution is -2.41. The van der Waals surface area contributed by atoms with Crippen LogP contribution in [0.25, 0.3) is 10.9 Å². The number of nitrogens with one attached hydrogen (secondary N) is 2. The number of guanidine groups is 1. The molecule has 2 aliphatic heterocycles. The van der Waals surface area contributed by atoms with E-state index >= 15 is 0 Å². The van der Waals surface area contributed by atoms with E-state index in [1.807, 2.05) is 0 Å². The van der Waals surface area contributed by atoms with E-state index in [1.54, 1.807) is 0 Å². The first-order chi connectivity index (χ1) is 12.3. The van der Waals surface area contributed by atoms with E-state index in [1.165, 1.54) is 29.4 Å². The molecule has 1 aromatic heterocycles. The molecule has 1 aromatic carbocycles. The summed E-state index contributed by atoms with van der Waals surface area (Å²) in [4.78, 5) is 10.8. The highest BCUT2D eigenvalue weighted by Crippen LogP contribution is 2.38. The Bertz CT molecular complexity index is 712. The first-order valence-corrected chi connectivity index (χ1v) is 9.46. The van der Waals surface area contributed by atoms with Crippen molar-refractivity contribution in [1.82, 2.24) is 15.2 Å². The summed E-state index contributed by atoms with van der Waals surface area (Å²) >= 11 is 0. The van der Waals surface area contributed by atoms with E-state index in [4.69, 9.17) is 9.73 Å². The number of aromatic amines is 1. The van der Waals surface area contributed by atoms with Crippen molar-refractivity contribution in [2.24, 2.45) is 10.4 Å². The number of ether oxygens (including phenoxy) is 1. The van der Waals surface area contributed by atoms with E-state index in [2.05, 4.69) is 52.5 Å². The molecule has 1 unspecified atom stereocenters. The lowest BCUT2D eigenvalue weighted by molar-refractivity contribution is 0.156. The Morgan fingerprint density at radius 3 is 3.08 bits per heavy atom. The predicted molar refractivity (Wildman–Crippen MR) is 102 cm³/mol. The molecule has 5 heteroatoms. The van der Waals surface area contributed by atoms with Crippen LogP contribution in [0.1, 0.15) is 25.5 Å². The average molecular weight is 340 g/mol. The number of nitrogens with zero attached hydrogens (tertiary/aromatic N) is 2. The summed E-state index contributed by atoms with van der Waals surface area (Å²) in [5.41, 5.74) is 2.83. The number of aliphatic imine (C=N–C) groups is 1. The summed E-state index contributed by atoms with van der Waals surface area (Å²) < 4.78 is 5.65. The predicted octanol–water partition coefficient (Wildman–Crippen LogP) is 2.79. The molecule has 3 heterocycles. The van der Waals surface area contributed by atoms with Gasteiger partial charge >= 0.3 is 0 Å². The highest BCUT2D eigenvalue weighted by Gasteiger charge is 2.42. The second-order valence-electron chi connectivity index (χ2n) is 7.34. The zero-order chi connectivity index (χ0) is 17.1. The van der Waals surface area contributed by atoms with Crippen molar-refractivity contribution in [3.8, 4) is 0 Å². The summed E-state index contributed by atoms with van der Waals surface area (Å²) in [6.45, 7) is 7.84. The minimum absolute atomic E-state index is 0.368. The fraction of sp³-hybridized carbons (Fsp3) is 0.550. The van der Waals surface area contributed by atoms with Crippen molar-refractivity contribution in [2.75, 3.05) is 39.4 Å². The minimum atomic E-state index is 0.368. The molecule has 0 amide bonds. The number of rotatable bonds is 4. The largest absolute Gasteiger partial charge is 0.381 e. The van der Waals surface area contributed by atoms with Crippen molar-refractivity contribution >= 4 is 16.9 Å². The van der Waals surface area contributed by atoms with Gasteiger partial charge in [-0.3, -0.25) is 4.99 Å². The summed E-state index contributed by atoms with van der Waals surface area (Å²) in [6.07, 6.45) is 3.35. The van der Waals surface area contributed by atoms with Gasteiger partial charge in [-0.05, 0) is 37.3 Å².